The van der Waals surface area contributed by atoms with Crippen LogP contribution >= 0.6 is 0 Å². The molecular weight excluding hydrogens is 188 g/mol. The molecule has 0 atom stereocenters. The van der Waals surface area contributed by atoms with Crippen LogP contribution in [0.1, 0.15) is 17.5 Å². The third-order valence-corrected chi connectivity index (χ3v) is 1.99. The Morgan fingerprint density at radius 2 is 2.07 bits per heavy atom. The summed E-state index contributed by atoms with van der Waals surface area (Å²) in [7, 11) is 1.92. The van der Waals surface area contributed by atoms with Gasteiger partial charge in [0.1, 0.15) is 0 Å². The summed E-state index contributed by atoms with van der Waals surface area (Å²) in [5, 5.41) is 3.08. The lowest BCUT2D eigenvalue weighted by atomic mass is 10.1. The van der Waals surface area contributed by atoms with Crippen molar-refractivity contribution < 1.29 is 4.79 Å². The normalized spacial score (nSPS) is 10.7. The van der Waals surface area contributed by atoms with Gasteiger partial charge in [-0.1, -0.05) is 36.4 Å². The first-order chi connectivity index (χ1) is 7.22. The predicted molar refractivity (Wildman–Crippen MR) is 62.1 cm³/mol. The first-order valence-electron chi connectivity index (χ1n) is 4.91. The molecule has 1 aromatic rings. The summed E-state index contributed by atoms with van der Waals surface area (Å²) in [5.41, 5.74) is 7.34. The molecule has 0 spiro atoms. The Labute approximate surface area is 90.0 Å². The van der Waals surface area contributed by atoms with Gasteiger partial charge in [0.2, 0.25) is 5.91 Å². The van der Waals surface area contributed by atoms with Crippen LogP contribution in [0, 0.1) is 0 Å². The van der Waals surface area contributed by atoms with Gasteiger partial charge in [0.15, 0.2) is 0 Å². The van der Waals surface area contributed by atoms with Crippen LogP contribution in [0.25, 0.3) is 6.08 Å². The van der Waals surface area contributed by atoms with Crippen LogP contribution in [0.15, 0.2) is 30.3 Å². The zero-order chi connectivity index (χ0) is 11.1. The number of rotatable bonds is 5. The van der Waals surface area contributed by atoms with E-state index in [9.17, 15) is 4.79 Å². The van der Waals surface area contributed by atoms with Gasteiger partial charge in [-0.15, -0.1) is 0 Å². The van der Waals surface area contributed by atoms with Crippen molar-refractivity contribution in [2.75, 3.05) is 7.05 Å². The highest BCUT2D eigenvalue weighted by molar-refractivity contribution is 5.76. The van der Waals surface area contributed by atoms with E-state index in [0.29, 0.717) is 0 Å². The van der Waals surface area contributed by atoms with Crippen molar-refractivity contribution in [1.82, 2.24) is 5.32 Å². The van der Waals surface area contributed by atoms with E-state index in [0.717, 1.165) is 12.1 Å². The number of carbonyl (C=O) groups is 1. The lowest BCUT2D eigenvalue weighted by molar-refractivity contribution is -0.117. The maximum absolute atomic E-state index is 10.5. The van der Waals surface area contributed by atoms with Gasteiger partial charge in [0.25, 0.3) is 0 Å². The highest BCUT2D eigenvalue weighted by Crippen LogP contribution is 2.06. The second-order valence-electron chi connectivity index (χ2n) is 3.34. The number of hydrogen-bond acceptors (Lipinski definition) is 2. The molecule has 0 radical (unpaired) electrons. The van der Waals surface area contributed by atoms with Gasteiger partial charge in [-0.25, -0.2) is 0 Å². The molecule has 0 aromatic heterocycles. The summed E-state index contributed by atoms with van der Waals surface area (Å²) < 4.78 is 0. The summed E-state index contributed by atoms with van der Waals surface area (Å²) in [6.07, 6.45) is 3.96. The Morgan fingerprint density at radius 3 is 2.60 bits per heavy atom. The van der Waals surface area contributed by atoms with Gasteiger partial charge in [0, 0.05) is 13.0 Å². The molecule has 1 amide bonds. The SMILES string of the molecule is CNCc1ccc(C=CCC(N)=O)cc1. The second-order valence-corrected chi connectivity index (χ2v) is 3.34. The highest BCUT2D eigenvalue weighted by atomic mass is 16.1. The van der Waals surface area contributed by atoms with E-state index in [1.54, 1.807) is 6.08 Å². The molecule has 0 heterocycles. The molecule has 0 aliphatic rings. The fourth-order valence-corrected chi connectivity index (χ4v) is 1.26. The van der Waals surface area contributed by atoms with Crippen molar-refractivity contribution in [2.24, 2.45) is 5.73 Å². The number of nitrogens with two attached hydrogens (primary N) is 1. The van der Waals surface area contributed by atoms with Crippen LogP contribution in [0.4, 0.5) is 0 Å². The lowest BCUT2D eigenvalue weighted by Crippen LogP contribution is -2.07. The van der Waals surface area contributed by atoms with Crippen molar-refractivity contribution in [3.63, 3.8) is 0 Å². The van der Waals surface area contributed by atoms with Crippen LogP contribution in [-0.2, 0) is 11.3 Å². The molecule has 3 nitrogen and oxygen atoms in total. The Kier molecular flexibility index (Phi) is 4.57. The van der Waals surface area contributed by atoms with Crippen LogP contribution < -0.4 is 11.1 Å². The van der Waals surface area contributed by atoms with Gasteiger partial charge in [-0.2, -0.15) is 0 Å². The molecule has 0 saturated heterocycles. The molecule has 0 aliphatic carbocycles. The van der Waals surface area contributed by atoms with Crippen molar-refractivity contribution >= 4 is 12.0 Å². The van der Waals surface area contributed by atoms with Crippen molar-refractivity contribution in [1.29, 1.82) is 0 Å². The Bertz CT molecular complexity index is 341. The number of amides is 1. The summed E-state index contributed by atoms with van der Waals surface area (Å²) >= 11 is 0. The van der Waals surface area contributed by atoms with E-state index >= 15 is 0 Å². The topological polar surface area (TPSA) is 55.1 Å². The monoisotopic (exact) mass is 204 g/mol. The predicted octanol–water partition coefficient (Wildman–Crippen LogP) is 1.29. The molecule has 15 heavy (non-hydrogen) atoms. The van der Waals surface area contributed by atoms with Gasteiger partial charge in [-0.3, -0.25) is 4.79 Å². The second kappa shape index (κ2) is 5.98. The van der Waals surface area contributed by atoms with E-state index in [1.807, 2.05) is 25.3 Å². The number of primary amides is 1. The van der Waals surface area contributed by atoms with Gasteiger partial charge >= 0.3 is 0 Å². The minimum Gasteiger partial charge on any atom is -0.369 e. The van der Waals surface area contributed by atoms with Crippen molar-refractivity contribution in [2.45, 2.75) is 13.0 Å². The molecule has 0 saturated carbocycles. The minimum atomic E-state index is -0.307. The molecule has 80 valence electrons. The quantitative estimate of drug-likeness (QED) is 0.759. The zero-order valence-electron chi connectivity index (χ0n) is 8.86. The molecule has 0 aliphatic heterocycles. The van der Waals surface area contributed by atoms with Crippen LogP contribution in [0.3, 0.4) is 0 Å². The fourth-order valence-electron chi connectivity index (χ4n) is 1.26. The average Bonchev–Trinajstić information content (AvgIpc) is 2.20. The highest BCUT2D eigenvalue weighted by Gasteiger charge is 1.91. The summed E-state index contributed by atoms with van der Waals surface area (Å²) in [6, 6.07) is 8.15. The van der Waals surface area contributed by atoms with Crippen LogP contribution in [0.2, 0.25) is 0 Å². The molecule has 3 N–H and O–H groups in total. The number of hydrogen-bond donors (Lipinski definition) is 2. The fraction of sp³-hybridized carbons (Fsp3) is 0.250. The van der Waals surface area contributed by atoms with E-state index in [4.69, 9.17) is 5.73 Å². The molecule has 0 unspecified atom stereocenters. The number of carbonyl (C=O) groups excluding carboxylic acids is 1. The Hall–Kier alpha value is -1.61. The van der Waals surface area contributed by atoms with Gasteiger partial charge in [0.05, 0.1) is 0 Å². The first-order valence-corrected chi connectivity index (χ1v) is 4.91. The van der Waals surface area contributed by atoms with E-state index in [2.05, 4.69) is 17.4 Å². The maximum Gasteiger partial charge on any atom is 0.221 e. The summed E-state index contributed by atoms with van der Waals surface area (Å²) in [5.74, 6) is -0.307. The van der Waals surface area contributed by atoms with Crippen molar-refractivity contribution in [3.05, 3.63) is 41.5 Å². The smallest absolute Gasteiger partial charge is 0.221 e. The third kappa shape index (κ3) is 4.42. The Balaban J connectivity index is 2.56. The van der Waals surface area contributed by atoms with Crippen LogP contribution in [0.5, 0.6) is 0 Å². The van der Waals surface area contributed by atoms with Crippen molar-refractivity contribution in [3.8, 4) is 0 Å². The molecule has 3 heteroatoms. The largest absolute Gasteiger partial charge is 0.369 e. The molecule has 0 bridgehead atoms. The van der Waals surface area contributed by atoms with E-state index in [1.165, 1.54) is 5.56 Å². The molecule has 1 rings (SSSR count). The first kappa shape index (κ1) is 11.5. The maximum atomic E-state index is 10.5. The minimum absolute atomic E-state index is 0.290. The third-order valence-electron chi connectivity index (χ3n) is 1.99. The number of nitrogens with one attached hydrogen (secondary N) is 1. The lowest BCUT2D eigenvalue weighted by Gasteiger charge is -1.99. The molecule has 1 aromatic carbocycles. The zero-order valence-corrected chi connectivity index (χ0v) is 8.86. The van der Waals surface area contributed by atoms with Gasteiger partial charge < -0.3 is 11.1 Å². The average molecular weight is 204 g/mol. The molecule has 0 fully saturated rings. The Morgan fingerprint density at radius 1 is 1.40 bits per heavy atom. The standard InChI is InChI=1S/C12H16N2O/c1-14-9-11-7-5-10(6-8-11)3-2-4-12(13)15/h2-3,5-8,14H,4,9H2,1H3,(H2,13,15). The summed E-state index contributed by atoms with van der Waals surface area (Å²) in [6.45, 7) is 0.866. The molecular formula is C12H16N2O. The van der Waals surface area contributed by atoms with E-state index < -0.39 is 0 Å². The van der Waals surface area contributed by atoms with Gasteiger partial charge in [-0.05, 0) is 18.2 Å². The summed E-state index contributed by atoms with van der Waals surface area (Å²) in [4.78, 5) is 10.5. The number of benzene rings is 1. The van der Waals surface area contributed by atoms with E-state index in [-0.39, 0.29) is 12.3 Å². The van der Waals surface area contributed by atoms with Crippen LogP contribution in [-0.4, -0.2) is 13.0 Å².